The molecule has 4 nitrogen and oxygen atoms in total. The number of nitrogen functional groups attached to an aromatic ring is 1. The van der Waals surface area contributed by atoms with Crippen LogP contribution in [-0.2, 0) is 13.7 Å². The maximum Gasteiger partial charge on any atom is 0.142 e. The number of ether oxygens (including phenoxy) is 1. The van der Waals surface area contributed by atoms with Crippen molar-refractivity contribution in [3.05, 3.63) is 40.7 Å². The van der Waals surface area contributed by atoms with Gasteiger partial charge < -0.3 is 10.5 Å². The van der Waals surface area contributed by atoms with Crippen molar-refractivity contribution in [1.29, 1.82) is 0 Å². The van der Waals surface area contributed by atoms with Gasteiger partial charge in [0.15, 0.2) is 0 Å². The number of nitrogens with zero attached hydrogens (tertiary/aromatic N) is 2. The van der Waals surface area contributed by atoms with Crippen LogP contribution in [0.15, 0.2) is 24.4 Å². The fourth-order valence-electron chi connectivity index (χ4n) is 1.49. The predicted octanol–water partition coefficient (Wildman–Crippen LogP) is 2.54. The molecule has 2 aromatic rings. The Morgan fingerprint density at radius 3 is 2.82 bits per heavy atom. The molecule has 0 radical (unpaired) electrons. The fourth-order valence-corrected chi connectivity index (χ4v) is 1.67. The molecule has 1 heterocycles. The van der Waals surface area contributed by atoms with E-state index < -0.39 is 0 Å². The second-order valence-corrected chi connectivity index (χ2v) is 4.29. The summed E-state index contributed by atoms with van der Waals surface area (Å²) in [6.07, 6.45) is 1.79. The molecular formula is C12H14ClN3O. The Kier molecular flexibility index (Phi) is 3.24. The van der Waals surface area contributed by atoms with Crippen LogP contribution in [0.1, 0.15) is 11.3 Å². The van der Waals surface area contributed by atoms with E-state index in [-0.39, 0.29) is 0 Å². The van der Waals surface area contributed by atoms with Crippen LogP contribution in [-0.4, -0.2) is 9.78 Å². The van der Waals surface area contributed by atoms with Gasteiger partial charge in [-0.3, -0.25) is 4.68 Å². The lowest BCUT2D eigenvalue weighted by Gasteiger charge is -2.08. The number of hydrogen-bond donors (Lipinski definition) is 1. The third-order valence-electron chi connectivity index (χ3n) is 2.69. The van der Waals surface area contributed by atoms with E-state index in [9.17, 15) is 0 Å². The first-order chi connectivity index (χ1) is 8.08. The van der Waals surface area contributed by atoms with E-state index in [1.54, 1.807) is 24.4 Å². The minimum Gasteiger partial charge on any atom is -0.487 e. The molecule has 0 unspecified atom stereocenters. The molecule has 0 saturated heterocycles. The first kappa shape index (κ1) is 11.8. The molecule has 2 N–H and O–H groups in total. The van der Waals surface area contributed by atoms with Crippen LogP contribution in [0, 0.1) is 6.92 Å². The molecule has 0 spiro atoms. The Balaban J connectivity index is 2.10. The van der Waals surface area contributed by atoms with E-state index >= 15 is 0 Å². The second-order valence-electron chi connectivity index (χ2n) is 3.85. The zero-order valence-corrected chi connectivity index (χ0v) is 10.5. The number of nitrogens with two attached hydrogens (primary N) is 1. The fraction of sp³-hybridized carbons (Fsp3) is 0.250. The summed E-state index contributed by atoms with van der Waals surface area (Å²) < 4.78 is 7.44. The van der Waals surface area contributed by atoms with Crippen molar-refractivity contribution >= 4 is 17.3 Å². The molecule has 0 aliphatic carbocycles. The summed E-state index contributed by atoms with van der Waals surface area (Å²) in [4.78, 5) is 0. The molecular weight excluding hydrogens is 238 g/mol. The van der Waals surface area contributed by atoms with Crippen molar-refractivity contribution in [1.82, 2.24) is 9.78 Å². The molecule has 0 aliphatic rings. The van der Waals surface area contributed by atoms with E-state index in [2.05, 4.69) is 5.10 Å². The highest BCUT2D eigenvalue weighted by atomic mass is 35.5. The van der Waals surface area contributed by atoms with Crippen LogP contribution in [0.4, 0.5) is 5.69 Å². The topological polar surface area (TPSA) is 53.1 Å². The summed E-state index contributed by atoms with van der Waals surface area (Å²) in [6, 6.07) is 5.19. The Morgan fingerprint density at radius 2 is 2.24 bits per heavy atom. The highest BCUT2D eigenvalue weighted by Crippen LogP contribution is 2.25. The van der Waals surface area contributed by atoms with E-state index in [0.717, 1.165) is 11.3 Å². The minimum absolute atomic E-state index is 0.450. The number of halogens is 1. The summed E-state index contributed by atoms with van der Waals surface area (Å²) >= 11 is 5.81. The van der Waals surface area contributed by atoms with Gasteiger partial charge in [-0.05, 0) is 25.1 Å². The second kappa shape index (κ2) is 4.67. The lowest BCUT2D eigenvalue weighted by Crippen LogP contribution is -2.00. The highest BCUT2D eigenvalue weighted by Gasteiger charge is 2.06. The Morgan fingerprint density at radius 1 is 1.47 bits per heavy atom. The molecule has 0 saturated carbocycles. The zero-order valence-electron chi connectivity index (χ0n) is 9.77. The van der Waals surface area contributed by atoms with Crippen molar-refractivity contribution in [3.63, 3.8) is 0 Å². The highest BCUT2D eigenvalue weighted by molar-refractivity contribution is 6.30. The molecule has 0 aliphatic heterocycles. The van der Waals surface area contributed by atoms with Gasteiger partial charge in [-0.25, -0.2) is 0 Å². The molecule has 17 heavy (non-hydrogen) atoms. The number of rotatable bonds is 3. The van der Waals surface area contributed by atoms with E-state index in [1.165, 1.54) is 0 Å². The monoisotopic (exact) mass is 251 g/mol. The quantitative estimate of drug-likeness (QED) is 0.853. The first-order valence-electron chi connectivity index (χ1n) is 5.23. The Hall–Kier alpha value is -1.68. The Labute approximate surface area is 105 Å². The number of aryl methyl sites for hydroxylation is 1. The van der Waals surface area contributed by atoms with E-state index in [1.807, 2.05) is 18.7 Å². The number of benzene rings is 1. The molecule has 90 valence electrons. The van der Waals surface area contributed by atoms with Crippen LogP contribution in [0.2, 0.25) is 5.02 Å². The average Bonchev–Trinajstić information content (AvgIpc) is 2.59. The minimum atomic E-state index is 0.450. The summed E-state index contributed by atoms with van der Waals surface area (Å²) in [5, 5.41) is 4.75. The van der Waals surface area contributed by atoms with Gasteiger partial charge >= 0.3 is 0 Å². The van der Waals surface area contributed by atoms with Crippen molar-refractivity contribution in [2.45, 2.75) is 13.5 Å². The SMILES string of the molecule is Cc1c(COc2ccc(Cl)cc2N)cnn1C. The van der Waals surface area contributed by atoms with Gasteiger partial charge in [0.05, 0.1) is 11.9 Å². The van der Waals surface area contributed by atoms with Crippen molar-refractivity contribution in [2.24, 2.45) is 7.05 Å². The summed E-state index contributed by atoms with van der Waals surface area (Å²) in [6.45, 7) is 2.45. The maximum atomic E-state index is 5.81. The van der Waals surface area contributed by atoms with Crippen molar-refractivity contribution < 1.29 is 4.74 Å². The average molecular weight is 252 g/mol. The van der Waals surface area contributed by atoms with Crippen LogP contribution < -0.4 is 10.5 Å². The van der Waals surface area contributed by atoms with Crippen LogP contribution >= 0.6 is 11.6 Å². The largest absolute Gasteiger partial charge is 0.487 e. The van der Waals surface area contributed by atoms with Crippen molar-refractivity contribution in [3.8, 4) is 5.75 Å². The van der Waals surface area contributed by atoms with Crippen LogP contribution in [0.3, 0.4) is 0 Å². The molecule has 2 rings (SSSR count). The first-order valence-corrected chi connectivity index (χ1v) is 5.61. The van der Waals surface area contributed by atoms with Gasteiger partial charge in [-0.1, -0.05) is 11.6 Å². The molecule has 1 aromatic carbocycles. The third-order valence-corrected chi connectivity index (χ3v) is 2.93. The van der Waals surface area contributed by atoms with Gasteiger partial charge in [-0.2, -0.15) is 5.10 Å². The van der Waals surface area contributed by atoms with Crippen LogP contribution in [0.25, 0.3) is 0 Å². The molecule has 0 fully saturated rings. The molecule has 5 heteroatoms. The Bertz CT molecular complexity index is 537. The smallest absolute Gasteiger partial charge is 0.142 e. The number of aromatic nitrogens is 2. The predicted molar refractivity (Wildman–Crippen MR) is 68.1 cm³/mol. The van der Waals surface area contributed by atoms with Gasteiger partial charge in [0, 0.05) is 23.3 Å². The lowest BCUT2D eigenvalue weighted by molar-refractivity contribution is 0.307. The van der Waals surface area contributed by atoms with Crippen LogP contribution in [0.5, 0.6) is 5.75 Å². The molecule has 0 bridgehead atoms. The molecule has 1 aromatic heterocycles. The molecule has 0 amide bonds. The van der Waals surface area contributed by atoms with Gasteiger partial charge in [-0.15, -0.1) is 0 Å². The van der Waals surface area contributed by atoms with Gasteiger partial charge in [0.2, 0.25) is 0 Å². The normalized spacial score (nSPS) is 10.5. The number of hydrogen-bond acceptors (Lipinski definition) is 3. The summed E-state index contributed by atoms with van der Waals surface area (Å²) in [7, 11) is 1.90. The molecule has 0 atom stereocenters. The van der Waals surface area contributed by atoms with Gasteiger partial charge in [0.25, 0.3) is 0 Å². The lowest BCUT2D eigenvalue weighted by atomic mass is 10.2. The third kappa shape index (κ3) is 2.53. The summed E-state index contributed by atoms with van der Waals surface area (Å²) in [5.41, 5.74) is 8.46. The van der Waals surface area contributed by atoms with E-state index in [0.29, 0.717) is 23.1 Å². The number of anilines is 1. The standard InChI is InChI=1S/C12H14ClN3O/c1-8-9(6-15-16(8)2)7-17-12-4-3-10(13)5-11(12)14/h3-6H,7,14H2,1-2H3. The summed E-state index contributed by atoms with van der Waals surface area (Å²) in [5.74, 6) is 0.637. The van der Waals surface area contributed by atoms with Gasteiger partial charge in [0.1, 0.15) is 12.4 Å². The van der Waals surface area contributed by atoms with Crippen molar-refractivity contribution in [2.75, 3.05) is 5.73 Å². The maximum absolute atomic E-state index is 5.81. The van der Waals surface area contributed by atoms with E-state index in [4.69, 9.17) is 22.1 Å². The zero-order chi connectivity index (χ0) is 12.4.